The summed E-state index contributed by atoms with van der Waals surface area (Å²) in [5, 5.41) is 9.15. The summed E-state index contributed by atoms with van der Waals surface area (Å²) in [6, 6.07) is 7.41. The van der Waals surface area contributed by atoms with Gasteiger partial charge in [0, 0.05) is 10.9 Å². The highest BCUT2D eigenvalue weighted by Gasteiger charge is 2.18. The molecule has 0 saturated carbocycles. The molecular formula is C13H13BrO2. The summed E-state index contributed by atoms with van der Waals surface area (Å²) in [7, 11) is 0. The predicted molar refractivity (Wildman–Crippen MR) is 67.2 cm³/mol. The van der Waals surface area contributed by atoms with Crippen molar-refractivity contribution in [1.82, 2.24) is 0 Å². The van der Waals surface area contributed by atoms with Gasteiger partial charge in [0.15, 0.2) is 0 Å². The quantitative estimate of drug-likeness (QED) is 0.858. The van der Waals surface area contributed by atoms with Crippen LogP contribution in [0.5, 0.6) is 0 Å². The van der Waals surface area contributed by atoms with Gasteiger partial charge in [-0.25, -0.2) is 0 Å². The molecule has 1 N–H and O–H groups in total. The summed E-state index contributed by atoms with van der Waals surface area (Å²) < 4.78 is 0.901. The molecule has 0 radical (unpaired) electrons. The van der Waals surface area contributed by atoms with Gasteiger partial charge in [0.2, 0.25) is 0 Å². The monoisotopic (exact) mass is 280 g/mol. The van der Waals surface area contributed by atoms with Gasteiger partial charge in [-0.15, -0.1) is 11.8 Å². The van der Waals surface area contributed by atoms with Crippen LogP contribution in [0.3, 0.4) is 0 Å². The zero-order valence-corrected chi connectivity index (χ0v) is 10.6. The molecular weight excluding hydrogens is 268 g/mol. The standard InChI is InChI=1S/C13H13BrO2/c1-2-3-4-8-12(13(15)16)10-6-5-7-11(14)9-10/h5-7,9,12H,4,8H2,1H3,(H,15,16). The maximum atomic E-state index is 11.1. The lowest BCUT2D eigenvalue weighted by Crippen LogP contribution is -2.11. The molecule has 0 saturated heterocycles. The second kappa shape index (κ2) is 6.34. The molecule has 1 rings (SSSR count). The Hall–Kier alpha value is -1.27. The third-order valence-corrected chi connectivity index (χ3v) is 2.78. The van der Waals surface area contributed by atoms with Gasteiger partial charge in [-0.2, -0.15) is 0 Å². The molecule has 1 aromatic rings. The zero-order chi connectivity index (χ0) is 12.0. The summed E-state index contributed by atoms with van der Waals surface area (Å²) in [5.41, 5.74) is 0.819. The predicted octanol–water partition coefficient (Wildman–Crippen LogP) is 3.42. The summed E-state index contributed by atoms with van der Waals surface area (Å²) >= 11 is 3.34. The van der Waals surface area contributed by atoms with E-state index in [9.17, 15) is 4.79 Å². The summed E-state index contributed by atoms with van der Waals surface area (Å²) in [5.74, 6) is 4.40. The number of carboxylic acid groups (broad SMARTS) is 1. The van der Waals surface area contributed by atoms with Gasteiger partial charge < -0.3 is 5.11 Å². The molecule has 0 amide bonds. The van der Waals surface area contributed by atoms with Crippen LogP contribution < -0.4 is 0 Å². The topological polar surface area (TPSA) is 37.3 Å². The molecule has 1 atom stereocenters. The molecule has 3 heteroatoms. The minimum atomic E-state index is -0.795. The Bertz CT molecular complexity index is 429. The summed E-state index contributed by atoms with van der Waals surface area (Å²) in [4.78, 5) is 11.1. The molecule has 0 spiro atoms. The number of hydrogen-bond donors (Lipinski definition) is 1. The van der Waals surface area contributed by atoms with Crippen LogP contribution in [0.15, 0.2) is 28.7 Å². The largest absolute Gasteiger partial charge is 0.481 e. The third kappa shape index (κ3) is 3.71. The number of benzene rings is 1. The van der Waals surface area contributed by atoms with Crippen molar-refractivity contribution in [3.8, 4) is 11.8 Å². The normalized spacial score (nSPS) is 11.4. The van der Waals surface area contributed by atoms with E-state index in [1.54, 1.807) is 6.92 Å². The number of carbonyl (C=O) groups is 1. The average Bonchev–Trinajstić information content (AvgIpc) is 2.24. The molecule has 0 aliphatic carbocycles. The van der Waals surface area contributed by atoms with Crippen LogP contribution in [0.25, 0.3) is 0 Å². The van der Waals surface area contributed by atoms with Gasteiger partial charge >= 0.3 is 5.97 Å². The van der Waals surface area contributed by atoms with Crippen molar-refractivity contribution in [2.75, 3.05) is 0 Å². The SMILES string of the molecule is CC#CCCC(C(=O)O)c1cccc(Br)c1. The van der Waals surface area contributed by atoms with Crippen LogP contribution in [0.2, 0.25) is 0 Å². The van der Waals surface area contributed by atoms with Gasteiger partial charge in [-0.3, -0.25) is 4.79 Å². The fraction of sp³-hybridized carbons (Fsp3) is 0.308. The second-order valence-corrected chi connectivity index (χ2v) is 4.33. The van der Waals surface area contributed by atoms with Crippen molar-refractivity contribution < 1.29 is 9.90 Å². The zero-order valence-electron chi connectivity index (χ0n) is 9.03. The maximum absolute atomic E-state index is 11.1. The van der Waals surface area contributed by atoms with Gasteiger partial charge in [-0.05, 0) is 31.0 Å². The Morgan fingerprint density at radius 3 is 2.88 bits per heavy atom. The number of halogens is 1. The average molecular weight is 281 g/mol. The Balaban J connectivity index is 2.84. The summed E-state index contributed by atoms with van der Waals surface area (Å²) in [6.45, 7) is 1.76. The van der Waals surface area contributed by atoms with E-state index in [0.29, 0.717) is 12.8 Å². The fourth-order valence-electron chi connectivity index (χ4n) is 1.50. The number of carboxylic acids is 1. The first kappa shape index (κ1) is 12.8. The molecule has 1 aromatic carbocycles. The second-order valence-electron chi connectivity index (χ2n) is 3.41. The summed E-state index contributed by atoms with van der Waals surface area (Å²) in [6.07, 6.45) is 1.16. The lowest BCUT2D eigenvalue weighted by atomic mass is 9.94. The minimum Gasteiger partial charge on any atom is -0.481 e. The lowest BCUT2D eigenvalue weighted by Gasteiger charge is -2.11. The van der Waals surface area contributed by atoms with Crippen molar-refractivity contribution in [1.29, 1.82) is 0 Å². The molecule has 1 unspecified atom stereocenters. The first-order valence-corrected chi connectivity index (χ1v) is 5.82. The maximum Gasteiger partial charge on any atom is 0.311 e. The Labute approximate surface area is 104 Å². The van der Waals surface area contributed by atoms with E-state index in [-0.39, 0.29) is 0 Å². The van der Waals surface area contributed by atoms with E-state index in [4.69, 9.17) is 5.11 Å². The van der Waals surface area contributed by atoms with Crippen LogP contribution in [0.1, 0.15) is 31.2 Å². The third-order valence-electron chi connectivity index (χ3n) is 2.28. The van der Waals surface area contributed by atoms with Crippen molar-refractivity contribution in [2.24, 2.45) is 0 Å². The van der Waals surface area contributed by atoms with E-state index < -0.39 is 11.9 Å². The number of rotatable bonds is 4. The molecule has 0 aliphatic rings. The first-order valence-electron chi connectivity index (χ1n) is 5.03. The van der Waals surface area contributed by atoms with Crippen molar-refractivity contribution in [3.05, 3.63) is 34.3 Å². The van der Waals surface area contributed by atoms with E-state index in [0.717, 1.165) is 10.0 Å². The first-order chi connectivity index (χ1) is 7.65. The lowest BCUT2D eigenvalue weighted by molar-refractivity contribution is -0.138. The smallest absolute Gasteiger partial charge is 0.311 e. The molecule has 0 aliphatic heterocycles. The van der Waals surface area contributed by atoms with Crippen LogP contribution >= 0.6 is 15.9 Å². The van der Waals surface area contributed by atoms with Gasteiger partial charge in [0.05, 0.1) is 5.92 Å². The van der Waals surface area contributed by atoms with E-state index >= 15 is 0 Å². The van der Waals surface area contributed by atoms with E-state index in [1.165, 1.54) is 0 Å². The molecule has 16 heavy (non-hydrogen) atoms. The van der Waals surface area contributed by atoms with Crippen LogP contribution in [0.4, 0.5) is 0 Å². The minimum absolute atomic E-state index is 0.474. The molecule has 0 aromatic heterocycles. The number of aliphatic carboxylic acids is 1. The Morgan fingerprint density at radius 1 is 1.56 bits per heavy atom. The Kier molecular flexibility index (Phi) is 5.07. The highest BCUT2D eigenvalue weighted by atomic mass is 79.9. The van der Waals surface area contributed by atoms with Crippen molar-refractivity contribution in [3.63, 3.8) is 0 Å². The number of hydrogen-bond acceptors (Lipinski definition) is 1. The van der Waals surface area contributed by atoms with Crippen LogP contribution in [-0.4, -0.2) is 11.1 Å². The van der Waals surface area contributed by atoms with E-state index in [1.807, 2.05) is 24.3 Å². The molecule has 0 bridgehead atoms. The molecule has 84 valence electrons. The van der Waals surface area contributed by atoms with Gasteiger partial charge in [-0.1, -0.05) is 28.1 Å². The molecule has 0 heterocycles. The van der Waals surface area contributed by atoms with Crippen LogP contribution in [-0.2, 0) is 4.79 Å². The van der Waals surface area contributed by atoms with Crippen molar-refractivity contribution >= 4 is 21.9 Å². The van der Waals surface area contributed by atoms with Gasteiger partial charge in [0.1, 0.15) is 0 Å². The molecule has 2 nitrogen and oxygen atoms in total. The highest BCUT2D eigenvalue weighted by Crippen LogP contribution is 2.24. The highest BCUT2D eigenvalue weighted by molar-refractivity contribution is 9.10. The fourth-order valence-corrected chi connectivity index (χ4v) is 1.91. The van der Waals surface area contributed by atoms with Crippen LogP contribution in [0, 0.1) is 11.8 Å². The Morgan fingerprint density at radius 2 is 2.31 bits per heavy atom. The van der Waals surface area contributed by atoms with Gasteiger partial charge in [0.25, 0.3) is 0 Å². The van der Waals surface area contributed by atoms with Crippen molar-refractivity contribution in [2.45, 2.75) is 25.7 Å². The molecule has 0 fully saturated rings. The van der Waals surface area contributed by atoms with E-state index in [2.05, 4.69) is 27.8 Å².